The average molecular weight is 311 g/mol. The van der Waals surface area contributed by atoms with Crippen LogP contribution in [0.3, 0.4) is 0 Å². The molecule has 1 heterocycles. The van der Waals surface area contributed by atoms with Crippen LogP contribution < -0.4 is 0 Å². The van der Waals surface area contributed by atoms with Gasteiger partial charge in [0, 0.05) is 11.6 Å². The predicted molar refractivity (Wildman–Crippen MR) is 87.8 cm³/mol. The first kappa shape index (κ1) is 14.1. The van der Waals surface area contributed by atoms with Crippen molar-refractivity contribution in [2.45, 2.75) is 0 Å². The van der Waals surface area contributed by atoms with E-state index in [9.17, 15) is 10.2 Å². The number of H-pyrrole nitrogens is 1. The summed E-state index contributed by atoms with van der Waals surface area (Å²) in [7, 11) is 0. The van der Waals surface area contributed by atoms with Crippen LogP contribution in [0.15, 0.2) is 59.8 Å². The third-order valence-electron chi connectivity index (χ3n) is 3.12. The maximum atomic E-state index is 9.73. The summed E-state index contributed by atoms with van der Waals surface area (Å²) in [6.07, 6.45) is 3.26. The van der Waals surface area contributed by atoms with Crippen molar-refractivity contribution in [3.63, 3.8) is 0 Å². The van der Waals surface area contributed by atoms with Crippen LogP contribution in [0.25, 0.3) is 11.3 Å². The van der Waals surface area contributed by atoms with E-state index in [-0.39, 0.29) is 11.5 Å². The van der Waals surface area contributed by atoms with Gasteiger partial charge in [-0.2, -0.15) is 5.10 Å². The molecule has 0 radical (unpaired) electrons. The Morgan fingerprint density at radius 3 is 2.59 bits per heavy atom. The summed E-state index contributed by atoms with van der Waals surface area (Å²) in [5.41, 5.74) is 2.36. The Hall–Kier alpha value is -2.86. The van der Waals surface area contributed by atoms with Crippen LogP contribution in [0.2, 0.25) is 0 Å². The topological polar surface area (TPSA) is 73.5 Å². The molecular weight excluding hydrogens is 298 g/mol. The fraction of sp³-hybridized carbons (Fsp3) is 0. The number of aromatic hydroxyl groups is 2. The monoisotopic (exact) mass is 311 g/mol. The summed E-state index contributed by atoms with van der Waals surface area (Å²) in [4.78, 5) is 3.08. The summed E-state index contributed by atoms with van der Waals surface area (Å²) in [6, 6.07) is 14.1. The highest BCUT2D eigenvalue weighted by molar-refractivity contribution is 7.71. The van der Waals surface area contributed by atoms with Crippen molar-refractivity contribution in [3.8, 4) is 22.8 Å². The molecule has 0 spiro atoms. The third-order valence-corrected chi connectivity index (χ3v) is 3.41. The number of rotatable bonds is 3. The molecule has 110 valence electrons. The van der Waals surface area contributed by atoms with E-state index < -0.39 is 0 Å². The molecule has 2 aromatic carbocycles. The highest BCUT2D eigenvalue weighted by Crippen LogP contribution is 2.21. The first-order valence-electron chi connectivity index (χ1n) is 6.57. The van der Waals surface area contributed by atoms with Gasteiger partial charge in [0.2, 0.25) is 0 Å². The van der Waals surface area contributed by atoms with Crippen molar-refractivity contribution < 1.29 is 10.2 Å². The van der Waals surface area contributed by atoms with Crippen LogP contribution in [0.1, 0.15) is 5.56 Å². The first-order valence-corrected chi connectivity index (χ1v) is 6.98. The Morgan fingerprint density at radius 1 is 1.09 bits per heavy atom. The lowest BCUT2D eigenvalue weighted by molar-refractivity contribution is 0.450. The molecule has 0 aliphatic carbocycles. The quantitative estimate of drug-likeness (QED) is 0.512. The zero-order valence-electron chi connectivity index (χ0n) is 11.5. The van der Waals surface area contributed by atoms with Crippen molar-refractivity contribution in [2.75, 3.05) is 0 Å². The summed E-state index contributed by atoms with van der Waals surface area (Å²) < 4.78 is 1.97. The van der Waals surface area contributed by atoms with Gasteiger partial charge in [-0.3, -0.25) is 0 Å². The van der Waals surface area contributed by atoms with Crippen LogP contribution >= 0.6 is 12.2 Å². The van der Waals surface area contributed by atoms with E-state index in [1.165, 1.54) is 23.0 Å². The third kappa shape index (κ3) is 2.91. The van der Waals surface area contributed by atoms with Crippen molar-refractivity contribution >= 4 is 18.4 Å². The zero-order valence-corrected chi connectivity index (χ0v) is 12.3. The number of nitrogens with zero attached hydrogens (tertiary/aromatic N) is 2. The number of aromatic nitrogens is 2. The molecule has 0 unspecified atom stereocenters. The average Bonchev–Trinajstić information content (AvgIpc) is 2.88. The number of hydrogen-bond donors (Lipinski definition) is 3. The Kier molecular flexibility index (Phi) is 3.76. The molecule has 0 bridgehead atoms. The van der Waals surface area contributed by atoms with Gasteiger partial charge in [-0.25, -0.2) is 4.68 Å². The lowest BCUT2D eigenvalue weighted by Crippen LogP contribution is -1.89. The van der Waals surface area contributed by atoms with Crippen LogP contribution in [0.5, 0.6) is 11.5 Å². The second-order valence-electron chi connectivity index (χ2n) is 4.67. The first-order chi connectivity index (χ1) is 10.6. The van der Waals surface area contributed by atoms with Crippen LogP contribution in [0.4, 0.5) is 0 Å². The summed E-state index contributed by atoms with van der Waals surface area (Å²) in [5.74, 6) is -0.0478. The van der Waals surface area contributed by atoms with Gasteiger partial charge in [-0.15, -0.1) is 0 Å². The standard InChI is InChI=1S/C16H13N3O2S/c20-13-7-6-12(15(21)8-13)9-17-19-10-14(18-16(19)22)11-4-2-1-3-5-11/h1-10,20-21H,(H,18,22)/b17-9+. The minimum Gasteiger partial charge on any atom is -0.508 e. The molecule has 1 aromatic heterocycles. The number of benzene rings is 2. The fourth-order valence-corrected chi connectivity index (χ4v) is 2.21. The number of hydrogen-bond acceptors (Lipinski definition) is 4. The normalized spacial score (nSPS) is 11.1. The number of phenols is 2. The van der Waals surface area contributed by atoms with Gasteiger partial charge in [0.05, 0.1) is 18.1 Å². The van der Waals surface area contributed by atoms with Gasteiger partial charge in [0.15, 0.2) is 4.77 Å². The van der Waals surface area contributed by atoms with E-state index in [1.54, 1.807) is 12.3 Å². The fourth-order valence-electron chi connectivity index (χ4n) is 2.00. The zero-order chi connectivity index (χ0) is 15.5. The highest BCUT2D eigenvalue weighted by Gasteiger charge is 2.03. The highest BCUT2D eigenvalue weighted by atomic mass is 32.1. The van der Waals surface area contributed by atoms with E-state index >= 15 is 0 Å². The molecule has 22 heavy (non-hydrogen) atoms. The van der Waals surface area contributed by atoms with Crippen molar-refractivity contribution in [2.24, 2.45) is 5.10 Å². The molecule has 6 heteroatoms. The van der Waals surface area contributed by atoms with Crippen molar-refractivity contribution in [3.05, 3.63) is 65.1 Å². The van der Waals surface area contributed by atoms with Crippen LogP contribution in [-0.2, 0) is 0 Å². The van der Waals surface area contributed by atoms with E-state index in [4.69, 9.17) is 12.2 Å². The molecule has 5 nitrogen and oxygen atoms in total. The lowest BCUT2D eigenvalue weighted by Gasteiger charge is -1.99. The van der Waals surface area contributed by atoms with Gasteiger partial charge < -0.3 is 15.2 Å². The molecule has 3 rings (SSSR count). The number of nitrogens with one attached hydrogen (secondary N) is 1. The van der Waals surface area contributed by atoms with Crippen LogP contribution in [0, 0.1) is 4.77 Å². The van der Waals surface area contributed by atoms with Crippen LogP contribution in [-0.4, -0.2) is 26.1 Å². The number of phenolic OH excluding ortho intramolecular Hbond substituents is 2. The molecule has 0 atom stereocenters. The molecule has 0 saturated heterocycles. The van der Waals surface area contributed by atoms with E-state index in [0.29, 0.717) is 10.3 Å². The number of imidazole rings is 1. The van der Waals surface area contributed by atoms with Gasteiger partial charge in [-0.1, -0.05) is 30.3 Å². The maximum absolute atomic E-state index is 9.73. The predicted octanol–water partition coefficient (Wildman–Crippen LogP) is 3.51. The van der Waals surface area contributed by atoms with Gasteiger partial charge >= 0.3 is 0 Å². The second kappa shape index (κ2) is 5.87. The largest absolute Gasteiger partial charge is 0.508 e. The Balaban J connectivity index is 1.92. The molecule has 0 aliphatic rings. The van der Waals surface area contributed by atoms with Crippen molar-refractivity contribution in [1.29, 1.82) is 0 Å². The second-order valence-corrected chi connectivity index (χ2v) is 5.06. The molecule has 0 saturated carbocycles. The minimum absolute atomic E-state index is 0.000676. The smallest absolute Gasteiger partial charge is 0.198 e. The Bertz CT molecular complexity index is 882. The van der Waals surface area contributed by atoms with E-state index in [1.807, 2.05) is 30.3 Å². The van der Waals surface area contributed by atoms with E-state index in [0.717, 1.165) is 11.3 Å². The van der Waals surface area contributed by atoms with Gasteiger partial charge in [-0.05, 0) is 29.9 Å². The molecule has 3 aromatic rings. The van der Waals surface area contributed by atoms with Gasteiger partial charge in [0.25, 0.3) is 0 Å². The summed E-state index contributed by atoms with van der Waals surface area (Å²) >= 11 is 5.23. The molecule has 0 amide bonds. The summed E-state index contributed by atoms with van der Waals surface area (Å²) in [6.45, 7) is 0. The molecular formula is C16H13N3O2S. The lowest BCUT2D eigenvalue weighted by atomic mass is 10.2. The maximum Gasteiger partial charge on any atom is 0.198 e. The Labute approximate surface area is 131 Å². The number of aromatic amines is 1. The summed E-state index contributed by atoms with van der Waals surface area (Å²) in [5, 5.41) is 23.2. The Morgan fingerprint density at radius 2 is 1.86 bits per heavy atom. The molecule has 3 N–H and O–H groups in total. The minimum atomic E-state index is -0.0471. The van der Waals surface area contributed by atoms with Crippen molar-refractivity contribution in [1.82, 2.24) is 9.66 Å². The van der Waals surface area contributed by atoms with Gasteiger partial charge in [0.1, 0.15) is 11.5 Å². The molecule has 0 aliphatic heterocycles. The SMILES string of the molecule is Oc1ccc(/C=N/n2cc(-c3ccccc3)[nH]c2=S)c(O)c1. The molecule has 0 fully saturated rings. The van der Waals surface area contributed by atoms with E-state index in [2.05, 4.69) is 10.1 Å².